The van der Waals surface area contributed by atoms with Crippen LogP contribution in [0.4, 0.5) is 8.78 Å². The van der Waals surface area contributed by atoms with Crippen molar-refractivity contribution in [1.29, 1.82) is 0 Å². The molecule has 2 heterocycles. The van der Waals surface area contributed by atoms with Gasteiger partial charge in [0.15, 0.2) is 0 Å². The van der Waals surface area contributed by atoms with Gasteiger partial charge in [0, 0.05) is 9.79 Å². The van der Waals surface area contributed by atoms with Gasteiger partial charge in [-0.1, -0.05) is 30.0 Å². The number of nitrogens with one attached hydrogen (secondary N) is 1. The number of methoxy groups -OCH3 is 2. The second kappa shape index (κ2) is 8.50. The minimum atomic E-state index is -2.87. The fourth-order valence-corrected chi connectivity index (χ4v) is 4.64. The number of ether oxygens (including phenoxy) is 2. The van der Waals surface area contributed by atoms with E-state index in [2.05, 4.69) is 10.3 Å². The van der Waals surface area contributed by atoms with Gasteiger partial charge in [0.25, 0.3) is 12.3 Å². The fraction of sp³-hybridized carbons (Fsp3) is 0.227. The number of allylic oxidation sites excluding steroid dienone is 1. The van der Waals surface area contributed by atoms with Crippen molar-refractivity contribution in [1.82, 2.24) is 5.32 Å². The summed E-state index contributed by atoms with van der Waals surface area (Å²) in [5.74, 6) is -1.45. The summed E-state index contributed by atoms with van der Waals surface area (Å²) >= 11 is 1.51. The largest absolute Gasteiger partial charge is 0.497 e. The van der Waals surface area contributed by atoms with Crippen LogP contribution in [0.25, 0.3) is 0 Å². The molecule has 0 aliphatic carbocycles. The Kier molecular flexibility index (Phi) is 5.77. The molecular weight excluding hydrogens is 426 g/mol. The van der Waals surface area contributed by atoms with Crippen molar-refractivity contribution in [3.63, 3.8) is 0 Å². The van der Waals surface area contributed by atoms with Crippen molar-refractivity contribution in [2.24, 2.45) is 10.9 Å². The highest BCUT2D eigenvalue weighted by Gasteiger charge is 2.34. The third kappa shape index (κ3) is 4.05. The SMILES string of the molecule is COc1ccc2c(c1)Sc1cc(OC)ccc1C2NC(=O)C1C=CC(C(F)F)=NC1=O. The standard InChI is InChI=1S/C22H18F2N2O4S/c1-29-11-3-5-13-17(9-11)31-18-10-12(30-2)4-6-14(18)19(13)26-22(28)15-7-8-16(20(23)24)25-21(15)27/h3-10,15,19-20H,1-2H3,(H,26,28). The number of carbonyl (C=O) groups is 2. The van der Waals surface area contributed by atoms with Gasteiger partial charge in [-0.05, 0) is 41.5 Å². The number of hydrogen-bond acceptors (Lipinski definition) is 5. The lowest BCUT2D eigenvalue weighted by Crippen LogP contribution is -2.39. The van der Waals surface area contributed by atoms with Crippen LogP contribution >= 0.6 is 11.8 Å². The van der Waals surface area contributed by atoms with Crippen LogP contribution < -0.4 is 14.8 Å². The van der Waals surface area contributed by atoms with Gasteiger partial charge >= 0.3 is 0 Å². The average molecular weight is 444 g/mol. The van der Waals surface area contributed by atoms with Gasteiger partial charge < -0.3 is 14.8 Å². The molecule has 1 N–H and O–H groups in total. The van der Waals surface area contributed by atoms with Gasteiger partial charge in [0.05, 0.1) is 20.3 Å². The van der Waals surface area contributed by atoms with Crippen molar-refractivity contribution in [3.05, 3.63) is 59.7 Å². The highest BCUT2D eigenvalue weighted by Crippen LogP contribution is 2.47. The summed E-state index contributed by atoms with van der Waals surface area (Å²) in [6.45, 7) is 0. The summed E-state index contributed by atoms with van der Waals surface area (Å²) in [6, 6.07) is 10.5. The van der Waals surface area contributed by atoms with E-state index in [4.69, 9.17) is 9.47 Å². The summed E-state index contributed by atoms with van der Waals surface area (Å²) in [5, 5.41) is 2.89. The molecule has 2 aliphatic heterocycles. The molecule has 0 fully saturated rings. The molecule has 0 aromatic heterocycles. The first-order chi connectivity index (χ1) is 14.9. The minimum absolute atomic E-state index is 0.544. The van der Waals surface area contributed by atoms with Crippen LogP contribution in [-0.2, 0) is 9.59 Å². The summed E-state index contributed by atoms with van der Waals surface area (Å²) in [7, 11) is 3.14. The lowest BCUT2D eigenvalue weighted by atomic mass is 9.95. The second-order valence-corrected chi connectivity index (χ2v) is 7.95. The number of halogens is 2. The van der Waals surface area contributed by atoms with E-state index in [1.165, 1.54) is 11.8 Å². The topological polar surface area (TPSA) is 77.0 Å². The van der Waals surface area contributed by atoms with Crippen LogP contribution in [0.15, 0.2) is 63.3 Å². The van der Waals surface area contributed by atoms with E-state index in [1.54, 1.807) is 26.4 Å². The molecule has 2 amide bonds. The molecule has 0 saturated carbocycles. The van der Waals surface area contributed by atoms with Gasteiger partial charge in [0.2, 0.25) is 5.91 Å². The van der Waals surface area contributed by atoms with Gasteiger partial charge in [-0.25, -0.2) is 13.8 Å². The Bertz CT molecular complexity index is 1060. The number of hydrogen-bond donors (Lipinski definition) is 1. The maximum absolute atomic E-state index is 12.9. The first kappa shape index (κ1) is 21.0. The molecule has 2 aromatic rings. The Labute approximate surface area is 181 Å². The first-order valence-corrected chi connectivity index (χ1v) is 10.2. The zero-order chi connectivity index (χ0) is 22.1. The fourth-order valence-electron chi connectivity index (χ4n) is 3.44. The van der Waals surface area contributed by atoms with E-state index in [0.717, 1.165) is 33.1 Å². The molecule has 31 heavy (non-hydrogen) atoms. The van der Waals surface area contributed by atoms with Crippen molar-refractivity contribution in [2.75, 3.05) is 14.2 Å². The molecule has 9 heteroatoms. The highest BCUT2D eigenvalue weighted by molar-refractivity contribution is 7.99. The van der Waals surface area contributed by atoms with Gasteiger partial charge in [-0.3, -0.25) is 9.59 Å². The number of rotatable bonds is 5. The summed E-state index contributed by atoms with van der Waals surface area (Å²) in [5.41, 5.74) is 1.03. The van der Waals surface area contributed by atoms with Crippen LogP contribution in [0, 0.1) is 5.92 Å². The molecule has 0 bridgehead atoms. The van der Waals surface area contributed by atoms with Gasteiger partial charge in [-0.15, -0.1) is 0 Å². The molecule has 1 atom stereocenters. The Morgan fingerprint density at radius 3 is 2.13 bits per heavy atom. The van der Waals surface area contributed by atoms with Crippen molar-refractivity contribution >= 4 is 29.3 Å². The predicted octanol–water partition coefficient (Wildman–Crippen LogP) is 3.79. The second-order valence-electron chi connectivity index (χ2n) is 6.86. The van der Waals surface area contributed by atoms with Crippen LogP contribution in [-0.4, -0.2) is 38.2 Å². The summed E-state index contributed by atoms with van der Waals surface area (Å²) in [4.78, 5) is 30.2. The summed E-state index contributed by atoms with van der Waals surface area (Å²) in [6.07, 6.45) is -0.693. The maximum atomic E-state index is 12.9. The molecular formula is C22H18F2N2O4S. The smallest absolute Gasteiger partial charge is 0.280 e. The zero-order valence-electron chi connectivity index (χ0n) is 16.6. The number of amides is 2. The zero-order valence-corrected chi connectivity index (χ0v) is 17.4. The van der Waals surface area contributed by atoms with Gasteiger partial charge in [0.1, 0.15) is 23.1 Å². The Morgan fingerprint density at radius 2 is 1.65 bits per heavy atom. The van der Waals surface area contributed by atoms with E-state index in [0.29, 0.717) is 11.5 Å². The molecule has 4 rings (SSSR count). The highest BCUT2D eigenvalue weighted by atomic mass is 32.2. The van der Waals surface area contributed by atoms with E-state index in [-0.39, 0.29) is 0 Å². The quantitative estimate of drug-likeness (QED) is 0.710. The van der Waals surface area contributed by atoms with E-state index >= 15 is 0 Å². The van der Waals surface area contributed by atoms with E-state index in [1.807, 2.05) is 24.3 Å². The third-order valence-electron chi connectivity index (χ3n) is 5.04. The molecule has 6 nitrogen and oxygen atoms in total. The van der Waals surface area contributed by atoms with Crippen LogP contribution in [0.3, 0.4) is 0 Å². The molecule has 0 spiro atoms. The Morgan fingerprint density at radius 1 is 1.06 bits per heavy atom. The van der Waals surface area contributed by atoms with Crippen LogP contribution in [0.1, 0.15) is 17.2 Å². The number of benzene rings is 2. The Hall–Kier alpha value is -3.20. The van der Waals surface area contributed by atoms with E-state index in [9.17, 15) is 18.4 Å². The normalized spacial score (nSPS) is 17.6. The minimum Gasteiger partial charge on any atom is -0.497 e. The first-order valence-electron chi connectivity index (χ1n) is 9.34. The van der Waals surface area contributed by atoms with Crippen LogP contribution in [0.5, 0.6) is 11.5 Å². The lowest BCUT2D eigenvalue weighted by molar-refractivity contribution is -0.131. The van der Waals surface area contributed by atoms with Crippen LogP contribution in [0.2, 0.25) is 0 Å². The average Bonchev–Trinajstić information content (AvgIpc) is 2.77. The molecule has 0 saturated heterocycles. The molecule has 160 valence electrons. The molecule has 2 aromatic carbocycles. The monoisotopic (exact) mass is 444 g/mol. The predicted molar refractivity (Wildman–Crippen MR) is 111 cm³/mol. The van der Waals surface area contributed by atoms with Crippen molar-refractivity contribution in [2.45, 2.75) is 22.3 Å². The van der Waals surface area contributed by atoms with E-state index < -0.39 is 35.9 Å². The maximum Gasteiger partial charge on any atom is 0.280 e. The molecule has 0 radical (unpaired) electrons. The van der Waals surface area contributed by atoms with Crippen molar-refractivity contribution < 1.29 is 27.8 Å². The number of aliphatic imine (C=N–C) groups is 1. The molecule has 2 aliphatic rings. The number of nitrogens with zero attached hydrogens (tertiary/aromatic N) is 1. The Balaban J connectivity index is 1.67. The number of dihydropyridines is 1. The lowest BCUT2D eigenvalue weighted by Gasteiger charge is -2.30. The summed E-state index contributed by atoms with van der Waals surface area (Å²) < 4.78 is 36.2. The third-order valence-corrected chi connectivity index (χ3v) is 6.19. The number of alkyl halides is 2. The van der Waals surface area contributed by atoms with Gasteiger partial charge in [-0.2, -0.15) is 0 Å². The number of carbonyl (C=O) groups excluding carboxylic acids is 2. The number of fused-ring (bicyclic) bond motifs is 2. The molecule has 1 unspecified atom stereocenters. The van der Waals surface area contributed by atoms with Crippen molar-refractivity contribution in [3.8, 4) is 11.5 Å².